The quantitative estimate of drug-likeness (QED) is 0.630. The molecule has 18 heavy (non-hydrogen) atoms. The fourth-order valence-electron chi connectivity index (χ4n) is 1.29. The number of nitro benzene ring substituents is 1. The number of non-ortho nitro benzene ring substituents is 1. The summed E-state index contributed by atoms with van der Waals surface area (Å²) in [6.07, 6.45) is 0. The number of benzene rings is 1. The van der Waals surface area contributed by atoms with Crippen LogP contribution in [0.3, 0.4) is 0 Å². The fraction of sp³-hybridized carbons (Fsp3) is 0. The molecule has 0 N–H and O–H groups in total. The van der Waals surface area contributed by atoms with Crippen molar-refractivity contribution in [3.05, 3.63) is 55.9 Å². The van der Waals surface area contributed by atoms with Crippen molar-refractivity contribution in [1.82, 2.24) is 0 Å². The van der Waals surface area contributed by atoms with E-state index in [0.29, 0.717) is 9.79 Å². The van der Waals surface area contributed by atoms with E-state index >= 15 is 0 Å². The highest BCUT2D eigenvalue weighted by molar-refractivity contribution is 7.99. The second kappa shape index (κ2) is 5.15. The first-order valence-corrected chi connectivity index (χ1v) is 6.42. The smallest absolute Gasteiger partial charge is 0.258 e. The van der Waals surface area contributed by atoms with Gasteiger partial charge in [0, 0.05) is 17.0 Å². The molecule has 2 aromatic rings. The number of hydrogen-bond acceptors (Lipinski definition) is 6. The van der Waals surface area contributed by atoms with Gasteiger partial charge in [0.2, 0.25) is 0 Å². The molecular formula is C10H6N2O4S2. The van der Waals surface area contributed by atoms with Crippen LogP contribution in [0.5, 0.6) is 0 Å². The van der Waals surface area contributed by atoms with Gasteiger partial charge in [0.15, 0.2) is 0 Å². The van der Waals surface area contributed by atoms with Crippen molar-refractivity contribution in [2.24, 2.45) is 0 Å². The highest BCUT2D eigenvalue weighted by atomic mass is 32.2. The molecule has 0 amide bonds. The third-order valence-electron chi connectivity index (χ3n) is 2.03. The van der Waals surface area contributed by atoms with Crippen LogP contribution in [-0.4, -0.2) is 9.85 Å². The summed E-state index contributed by atoms with van der Waals surface area (Å²) in [7, 11) is 0. The van der Waals surface area contributed by atoms with Gasteiger partial charge in [0.05, 0.1) is 9.85 Å². The second-order valence-electron chi connectivity index (χ2n) is 3.20. The number of rotatable bonds is 4. The van der Waals surface area contributed by atoms with Gasteiger partial charge in [-0.25, -0.2) is 0 Å². The molecule has 0 aliphatic rings. The average molecular weight is 282 g/mol. The first kappa shape index (κ1) is 12.5. The summed E-state index contributed by atoms with van der Waals surface area (Å²) in [5, 5.41) is 23.0. The minimum absolute atomic E-state index is 0.0297. The van der Waals surface area contributed by atoms with Crippen molar-refractivity contribution < 1.29 is 9.85 Å². The topological polar surface area (TPSA) is 86.3 Å². The largest absolute Gasteiger partial charge is 0.337 e. The van der Waals surface area contributed by atoms with E-state index < -0.39 is 9.85 Å². The maximum Gasteiger partial charge on any atom is 0.337 e. The zero-order valence-electron chi connectivity index (χ0n) is 8.81. The highest BCUT2D eigenvalue weighted by Crippen LogP contribution is 2.39. The monoisotopic (exact) mass is 282 g/mol. The molecule has 0 aliphatic carbocycles. The van der Waals surface area contributed by atoms with E-state index in [-0.39, 0.29) is 10.7 Å². The maximum atomic E-state index is 10.7. The van der Waals surface area contributed by atoms with Crippen molar-refractivity contribution in [1.29, 1.82) is 0 Å². The third-order valence-corrected chi connectivity index (χ3v) is 4.06. The van der Waals surface area contributed by atoms with Crippen molar-refractivity contribution in [2.75, 3.05) is 0 Å². The van der Waals surface area contributed by atoms with Gasteiger partial charge in [-0.15, -0.1) is 0 Å². The standard InChI is InChI=1S/C10H6N2O4S2/c13-11(14)7-2-1-3-8(6-7)18-9-4-5-17-10(9)12(15)16/h1-6H. The molecule has 1 aromatic carbocycles. The average Bonchev–Trinajstić information content (AvgIpc) is 2.77. The Bertz CT molecular complexity index is 611. The maximum absolute atomic E-state index is 10.7. The molecule has 0 fully saturated rings. The lowest BCUT2D eigenvalue weighted by Gasteiger charge is -1.98. The molecule has 92 valence electrons. The Morgan fingerprint density at radius 1 is 1.11 bits per heavy atom. The van der Waals surface area contributed by atoms with Gasteiger partial charge in [-0.1, -0.05) is 29.2 Å². The van der Waals surface area contributed by atoms with Crippen LogP contribution in [0.25, 0.3) is 0 Å². The molecule has 1 aromatic heterocycles. The first-order chi connectivity index (χ1) is 8.58. The van der Waals surface area contributed by atoms with Crippen molar-refractivity contribution in [3.63, 3.8) is 0 Å². The van der Waals surface area contributed by atoms with E-state index in [2.05, 4.69) is 0 Å². The first-order valence-electron chi connectivity index (χ1n) is 4.72. The molecule has 0 saturated carbocycles. The number of nitro groups is 2. The Kier molecular flexibility index (Phi) is 3.58. The Balaban J connectivity index is 2.28. The van der Waals surface area contributed by atoms with Gasteiger partial charge in [-0.05, 0) is 17.5 Å². The van der Waals surface area contributed by atoms with Gasteiger partial charge >= 0.3 is 5.00 Å². The van der Waals surface area contributed by atoms with E-state index in [4.69, 9.17) is 0 Å². The predicted octanol–water partition coefficient (Wildman–Crippen LogP) is 3.72. The predicted molar refractivity (Wildman–Crippen MR) is 68.2 cm³/mol. The normalized spacial score (nSPS) is 10.2. The molecule has 0 spiro atoms. The molecule has 0 atom stereocenters. The van der Waals surface area contributed by atoms with Crippen LogP contribution in [0, 0.1) is 20.2 Å². The molecule has 6 nitrogen and oxygen atoms in total. The van der Waals surface area contributed by atoms with E-state index in [0.717, 1.165) is 23.1 Å². The fourth-order valence-corrected chi connectivity index (χ4v) is 3.12. The van der Waals surface area contributed by atoms with Crippen molar-refractivity contribution in [3.8, 4) is 0 Å². The van der Waals surface area contributed by atoms with Gasteiger partial charge in [-0.3, -0.25) is 20.2 Å². The summed E-state index contributed by atoms with van der Waals surface area (Å²) in [6.45, 7) is 0. The summed E-state index contributed by atoms with van der Waals surface area (Å²) in [6, 6.07) is 7.64. The summed E-state index contributed by atoms with van der Waals surface area (Å²) >= 11 is 2.18. The SMILES string of the molecule is O=[N+]([O-])c1cccc(Sc2ccsc2[N+](=O)[O-])c1. The minimum atomic E-state index is -0.494. The van der Waals surface area contributed by atoms with Crippen molar-refractivity contribution >= 4 is 33.8 Å². The number of hydrogen-bond donors (Lipinski definition) is 0. The molecule has 1 heterocycles. The molecule has 0 saturated heterocycles. The van der Waals surface area contributed by atoms with Gasteiger partial charge in [-0.2, -0.15) is 0 Å². The van der Waals surface area contributed by atoms with Crippen LogP contribution < -0.4 is 0 Å². The summed E-state index contributed by atoms with van der Waals surface area (Å²) in [5.74, 6) is 0. The van der Waals surface area contributed by atoms with E-state index in [9.17, 15) is 20.2 Å². The third kappa shape index (κ3) is 2.66. The molecular weight excluding hydrogens is 276 g/mol. The highest BCUT2D eigenvalue weighted by Gasteiger charge is 2.17. The van der Waals surface area contributed by atoms with Gasteiger partial charge in [0.1, 0.15) is 4.90 Å². The lowest BCUT2D eigenvalue weighted by Crippen LogP contribution is -1.88. The van der Waals surface area contributed by atoms with Crippen LogP contribution in [0.15, 0.2) is 45.5 Å². The lowest BCUT2D eigenvalue weighted by molar-refractivity contribution is -0.385. The van der Waals surface area contributed by atoms with Gasteiger partial charge in [0.25, 0.3) is 5.69 Å². The zero-order chi connectivity index (χ0) is 13.1. The molecule has 0 radical (unpaired) electrons. The zero-order valence-corrected chi connectivity index (χ0v) is 10.4. The Morgan fingerprint density at radius 2 is 1.89 bits per heavy atom. The van der Waals surface area contributed by atoms with Crippen LogP contribution >= 0.6 is 23.1 Å². The molecule has 2 rings (SSSR count). The lowest BCUT2D eigenvalue weighted by atomic mass is 10.3. The summed E-state index contributed by atoms with van der Waals surface area (Å²) < 4.78 is 0. The Hall–Kier alpha value is -1.93. The van der Waals surface area contributed by atoms with Crippen LogP contribution in [0.1, 0.15) is 0 Å². The second-order valence-corrected chi connectivity index (χ2v) is 5.21. The van der Waals surface area contributed by atoms with E-state index in [1.54, 1.807) is 23.6 Å². The summed E-state index contributed by atoms with van der Waals surface area (Å²) in [5.41, 5.74) is -0.0297. The van der Waals surface area contributed by atoms with Crippen LogP contribution in [0.2, 0.25) is 0 Å². The molecule has 0 bridgehead atoms. The Morgan fingerprint density at radius 3 is 2.56 bits per heavy atom. The van der Waals surface area contributed by atoms with Crippen LogP contribution in [-0.2, 0) is 0 Å². The number of thiophene rings is 1. The van der Waals surface area contributed by atoms with E-state index in [1.807, 2.05) is 0 Å². The minimum Gasteiger partial charge on any atom is -0.258 e. The van der Waals surface area contributed by atoms with Gasteiger partial charge < -0.3 is 0 Å². The van der Waals surface area contributed by atoms with E-state index in [1.165, 1.54) is 12.1 Å². The van der Waals surface area contributed by atoms with Crippen LogP contribution in [0.4, 0.5) is 10.7 Å². The molecule has 8 heteroatoms. The van der Waals surface area contributed by atoms with Crippen molar-refractivity contribution in [2.45, 2.75) is 9.79 Å². The number of nitrogens with zero attached hydrogens (tertiary/aromatic N) is 2. The molecule has 0 unspecified atom stereocenters. The summed E-state index contributed by atoms with van der Waals surface area (Å²) in [4.78, 5) is 21.5. The molecule has 0 aliphatic heterocycles. The Labute approximate surface area is 110 Å².